The van der Waals surface area contributed by atoms with E-state index >= 15 is 0 Å². The average Bonchev–Trinajstić information content (AvgIpc) is 3.30. The van der Waals surface area contributed by atoms with Crippen LogP contribution in [0.25, 0.3) is 22.4 Å². The van der Waals surface area contributed by atoms with Crippen LogP contribution in [0.4, 0.5) is 19.0 Å². The lowest BCUT2D eigenvalue weighted by atomic mass is 10.2. The topological polar surface area (TPSA) is 166 Å². The van der Waals surface area contributed by atoms with Gasteiger partial charge in [0.1, 0.15) is 12.6 Å². The number of imidazole rings is 1. The molecule has 0 fully saturated rings. The number of carbonyl (C=O) groups is 1. The number of aryl methyl sites for hydroxylation is 1. The van der Waals surface area contributed by atoms with Gasteiger partial charge < -0.3 is 9.88 Å². The fourth-order valence-electron chi connectivity index (χ4n) is 3.32. The molecule has 4 heterocycles. The first-order chi connectivity index (χ1) is 17.0. The molecule has 4 rings (SSSR count). The van der Waals surface area contributed by atoms with Gasteiger partial charge >= 0.3 is 11.9 Å². The van der Waals surface area contributed by atoms with Crippen LogP contribution in [0.15, 0.2) is 40.7 Å². The normalized spacial score (nSPS) is 12.3. The molecular weight excluding hydrogens is 485 g/mol. The van der Waals surface area contributed by atoms with Crippen molar-refractivity contribution >= 4 is 22.9 Å². The summed E-state index contributed by atoms with van der Waals surface area (Å²) in [5, 5.41) is 11.5. The number of amides is 1. The number of nitriles is 1. The Labute approximate surface area is 198 Å². The summed E-state index contributed by atoms with van der Waals surface area (Å²) in [6.07, 6.45) is 0.859. The number of hydrogen-bond acceptors (Lipinski definition) is 9. The highest BCUT2D eigenvalue weighted by Gasteiger charge is 2.34. The SMILES string of the molecule is C[C@@H](C(=O)Nc1cncc(-c2cnc(C(F)(F)F)nc2)n1)n1cnc2c1c(=O)n(CC#N)c(=O)n2C. The molecule has 1 atom stereocenters. The summed E-state index contributed by atoms with van der Waals surface area (Å²) in [7, 11) is 1.38. The molecule has 0 radical (unpaired) electrons. The highest BCUT2D eigenvalue weighted by molar-refractivity contribution is 5.93. The Hall–Kier alpha value is -4.94. The number of alkyl halides is 3. The van der Waals surface area contributed by atoms with Crippen LogP contribution in [-0.2, 0) is 24.6 Å². The summed E-state index contributed by atoms with van der Waals surface area (Å²) in [5.74, 6) is -1.97. The Balaban J connectivity index is 1.62. The van der Waals surface area contributed by atoms with Gasteiger partial charge in [0.2, 0.25) is 11.7 Å². The van der Waals surface area contributed by atoms with Crippen LogP contribution in [0, 0.1) is 11.3 Å². The zero-order chi connectivity index (χ0) is 26.2. The maximum absolute atomic E-state index is 12.9. The van der Waals surface area contributed by atoms with Crippen LogP contribution >= 0.6 is 0 Å². The minimum absolute atomic E-state index is 0.0250. The highest BCUT2D eigenvalue weighted by Crippen LogP contribution is 2.26. The maximum Gasteiger partial charge on any atom is 0.451 e. The molecule has 0 aliphatic rings. The number of nitrogens with zero attached hydrogens (tertiary/aromatic N) is 9. The van der Waals surface area contributed by atoms with E-state index in [-0.39, 0.29) is 28.2 Å². The Kier molecular flexibility index (Phi) is 6.06. The van der Waals surface area contributed by atoms with Crippen molar-refractivity contribution in [3.05, 3.63) is 57.8 Å². The third-order valence-electron chi connectivity index (χ3n) is 5.17. The number of nitrogens with one attached hydrogen (secondary N) is 1. The molecule has 0 aliphatic carbocycles. The Morgan fingerprint density at radius 2 is 1.86 bits per heavy atom. The van der Waals surface area contributed by atoms with Crippen molar-refractivity contribution in [2.75, 3.05) is 5.32 Å². The second-order valence-electron chi connectivity index (χ2n) is 7.46. The van der Waals surface area contributed by atoms with Crippen molar-refractivity contribution in [2.24, 2.45) is 7.05 Å². The van der Waals surface area contributed by atoms with Crippen LogP contribution in [0.2, 0.25) is 0 Å². The molecule has 4 aromatic rings. The van der Waals surface area contributed by atoms with Gasteiger partial charge in [0.25, 0.3) is 5.56 Å². The van der Waals surface area contributed by atoms with Gasteiger partial charge in [-0.2, -0.15) is 18.4 Å². The molecule has 0 saturated carbocycles. The number of carbonyl (C=O) groups excluding carboxylic acids is 1. The largest absolute Gasteiger partial charge is 0.451 e. The molecular formula is C20H15F3N10O3. The minimum atomic E-state index is -4.70. The zero-order valence-corrected chi connectivity index (χ0v) is 18.6. The van der Waals surface area contributed by atoms with Crippen LogP contribution in [-0.4, -0.2) is 44.5 Å². The van der Waals surface area contributed by atoms with E-state index in [1.807, 2.05) is 0 Å². The van der Waals surface area contributed by atoms with Gasteiger partial charge in [-0.25, -0.2) is 29.3 Å². The van der Waals surface area contributed by atoms with Crippen molar-refractivity contribution in [3.8, 4) is 17.3 Å². The summed E-state index contributed by atoms with van der Waals surface area (Å²) >= 11 is 0. The van der Waals surface area contributed by atoms with Crippen LogP contribution in [0.3, 0.4) is 0 Å². The lowest BCUT2D eigenvalue weighted by molar-refractivity contribution is -0.145. The fraction of sp³-hybridized carbons (Fsp3) is 0.250. The predicted molar refractivity (Wildman–Crippen MR) is 116 cm³/mol. The molecule has 0 spiro atoms. The van der Waals surface area contributed by atoms with E-state index in [0.29, 0.717) is 0 Å². The first kappa shape index (κ1) is 24.2. The molecule has 1 N–H and O–H groups in total. The summed E-state index contributed by atoms with van der Waals surface area (Å²) in [4.78, 5) is 56.8. The fourth-order valence-corrected chi connectivity index (χ4v) is 3.32. The molecule has 0 aromatic carbocycles. The molecule has 1 amide bonds. The van der Waals surface area contributed by atoms with Crippen LogP contribution < -0.4 is 16.6 Å². The lowest BCUT2D eigenvalue weighted by Gasteiger charge is -2.15. The zero-order valence-electron chi connectivity index (χ0n) is 18.6. The molecule has 0 saturated heterocycles. The van der Waals surface area contributed by atoms with Gasteiger partial charge in [0.15, 0.2) is 17.0 Å². The molecule has 13 nitrogen and oxygen atoms in total. The van der Waals surface area contributed by atoms with Gasteiger partial charge in [-0.3, -0.25) is 19.1 Å². The van der Waals surface area contributed by atoms with E-state index in [4.69, 9.17) is 5.26 Å². The van der Waals surface area contributed by atoms with Crippen molar-refractivity contribution in [3.63, 3.8) is 0 Å². The molecule has 184 valence electrons. The van der Waals surface area contributed by atoms with E-state index in [2.05, 4.69) is 30.2 Å². The van der Waals surface area contributed by atoms with Gasteiger partial charge in [-0.05, 0) is 6.92 Å². The maximum atomic E-state index is 12.9. The van der Waals surface area contributed by atoms with Crippen molar-refractivity contribution in [2.45, 2.75) is 25.7 Å². The van der Waals surface area contributed by atoms with Crippen LogP contribution in [0.1, 0.15) is 18.8 Å². The molecule has 4 aromatic heterocycles. The number of halogens is 3. The van der Waals surface area contributed by atoms with Gasteiger partial charge in [-0.1, -0.05) is 0 Å². The summed E-state index contributed by atoms with van der Waals surface area (Å²) in [5.41, 5.74) is -1.29. The van der Waals surface area contributed by atoms with E-state index < -0.39 is 41.7 Å². The van der Waals surface area contributed by atoms with Crippen molar-refractivity contribution < 1.29 is 18.0 Å². The summed E-state index contributed by atoms with van der Waals surface area (Å²) < 4.78 is 41.1. The smallest absolute Gasteiger partial charge is 0.312 e. The Morgan fingerprint density at radius 1 is 1.17 bits per heavy atom. The van der Waals surface area contributed by atoms with E-state index in [1.165, 1.54) is 37.3 Å². The summed E-state index contributed by atoms with van der Waals surface area (Å²) in [6, 6.07) is 0.726. The Morgan fingerprint density at radius 3 is 2.50 bits per heavy atom. The van der Waals surface area contributed by atoms with Crippen molar-refractivity contribution in [1.29, 1.82) is 5.26 Å². The number of aromatic nitrogens is 8. The average molecular weight is 500 g/mol. The lowest BCUT2D eigenvalue weighted by Crippen LogP contribution is -2.40. The molecule has 36 heavy (non-hydrogen) atoms. The standard InChI is InChI=1S/C20H15F3N10O3/c1-10(33-9-28-15-14(33)17(35)32(4-3-24)19(36)31(15)2)16(34)30-13-8-25-7-12(29-13)11-5-26-18(27-6-11)20(21,22)23/h5-10H,4H2,1-2H3,(H,29,30,34)/t10-/m0/s1. The molecule has 0 aliphatic heterocycles. The van der Waals surface area contributed by atoms with Gasteiger partial charge in [0, 0.05) is 25.0 Å². The third kappa shape index (κ3) is 4.29. The van der Waals surface area contributed by atoms with Crippen LogP contribution in [0.5, 0.6) is 0 Å². The second kappa shape index (κ2) is 9.02. The molecule has 16 heteroatoms. The molecule has 0 bridgehead atoms. The highest BCUT2D eigenvalue weighted by atomic mass is 19.4. The number of fused-ring (bicyclic) bond motifs is 1. The number of rotatable bonds is 5. The third-order valence-corrected chi connectivity index (χ3v) is 5.17. The summed E-state index contributed by atoms with van der Waals surface area (Å²) in [6.45, 7) is 0.986. The van der Waals surface area contributed by atoms with Gasteiger partial charge in [-0.15, -0.1) is 0 Å². The number of anilines is 1. The first-order valence-electron chi connectivity index (χ1n) is 10.1. The van der Waals surface area contributed by atoms with E-state index in [0.717, 1.165) is 21.5 Å². The van der Waals surface area contributed by atoms with E-state index in [1.54, 1.807) is 6.07 Å². The van der Waals surface area contributed by atoms with E-state index in [9.17, 15) is 27.6 Å². The number of hydrogen-bond donors (Lipinski definition) is 1. The second-order valence-corrected chi connectivity index (χ2v) is 7.46. The minimum Gasteiger partial charge on any atom is -0.312 e. The predicted octanol–water partition coefficient (Wildman–Crippen LogP) is 0.886. The van der Waals surface area contributed by atoms with Crippen molar-refractivity contribution in [1.82, 2.24) is 38.6 Å². The first-order valence-corrected chi connectivity index (χ1v) is 10.1. The quantitative estimate of drug-likeness (QED) is 0.418. The molecule has 0 unspecified atom stereocenters. The monoisotopic (exact) mass is 500 g/mol. The Bertz CT molecular complexity index is 1630. The van der Waals surface area contributed by atoms with Gasteiger partial charge in [0.05, 0.1) is 30.5 Å².